The number of thioether (sulfide) groups is 1. The van der Waals surface area contributed by atoms with Crippen LogP contribution < -0.4 is 0 Å². The second-order valence-corrected chi connectivity index (χ2v) is 7.89. The normalized spacial score (nSPS) is 11.1. The van der Waals surface area contributed by atoms with Crippen LogP contribution in [0.2, 0.25) is 0 Å². The predicted molar refractivity (Wildman–Crippen MR) is 116 cm³/mol. The summed E-state index contributed by atoms with van der Waals surface area (Å²) in [6.45, 7) is 5.16. The molecule has 0 fully saturated rings. The molecule has 0 aliphatic carbocycles. The lowest BCUT2D eigenvalue weighted by Gasteiger charge is -2.08. The molecule has 146 valence electrons. The molecule has 6 heteroatoms. The average molecular weight is 404 g/mol. The summed E-state index contributed by atoms with van der Waals surface area (Å²) in [5.74, 6) is 0.150. The van der Waals surface area contributed by atoms with Crippen LogP contribution in [0, 0.1) is 13.8 Å². The Bertz CT molecular complexity index is 1220. The van der Waals surface area contributed by atoms with E-state index in [0.29, 0.717) is 11.3 Å². The Morgan fingerprint density at radius 3 is 2.41 bits per heavy atom. The molecule has 0 saturated heterocycles. The number of nitrogens with one attached hydrogen (secondary N) is 1. The summed E-state index contributed by atoms with van der Waals surface area (Å²) in [6, 6.07) is 17.9. The molecule has 29 heavy (non-hydrogen) atoms. The monoisotopic (exact) mass is 403 g/mol. The number of nitrogens with zero attached hydrogens (tertiary/aromatic N) is 2. The number of imidazole rings is 1. The Labute approximate surface area is 173 Å². The maximum Gasteiger partial charge on any atom is 0.189 e. The first kappa shape index (κ1) is 19.2. The predicted octanol–water partition coefficient (Wildman–Crippen LogP) is 5.15. The molecule has 2 heterocycles. The van der Waals surface area contributed by atoms with Gasteiger partial charge in [-0.3, -0.25) is 14.2 Å². The number of Topliss-reactive ketones (excluding diaryl/α,β-unsaturated/α-hetero) is 2. The van der Waals surface area contributed by atoms with Gasteiger partial charge in [0.15, 0.2) is 16.7 Å². The van der Waals surface area contributed by atoms with Gasteiger partial charge in [-0.25, -0.2) is 4.98 Å². The van der Waals surface area contributed by atoms with Gasteiger partial charge in [-0.05, 0) is 50.6 Å². The highest BCUT2D eigenvalue weighted by Gasteiger charge is 2.21. The van der Waals surface area contributed by atoms with Gasteiger partial charge in [0.25, 0.3) is 0 Å². The number of carbonyl (C=O) groups is 2. The van der Waals surface area contributed by atoms with Crippen molar-refractivity contribution in [1.82, 2.24) is 14.5 Å². The van der Waals surface area contributed by atoms with E-state index >= 15 is 0 Å². The number of hydrogen-bond acceptors (Lipinski definition) is 4. The van der Waals surface area contributed by atoms with Crippen molar-refractivity contribution in [2.45, 2.75) is 25.9 Å². The first-order chi connectivity index (χ1) is 14.0. The van der Waals surface area contributed by atoms with Crippen LogP contribution in [0.5, 0.6) is 0 Å². The molecule has 0 unspecified atom stereocenters. The number of para-hydroxylation sites is 3. The standard InChI is InChI=1S/C23H21N3O2S/c1-14-21(16(3)27)15(2)24-22(14)20(28)13-29-23-25-18-11-7-8-12-19(18)26(23)17-9-5-4-6-10-17/h4-12,24H,13H2,1-3H3. The lowest BCUT2D eigenvalue weighted by molar-refractivity contribution is 0.101. The van der Waals surface area contributed by atoms with Gasteiger partial charge in [-0.2, -0.15) is 0 Å². The molecule has 5 nitrogen and oxygen atoms in total. The highest BCUT2D eigenvalue weighted by Crippen LogP contribution is 2.29. The molecule has 1 N–H and O–H groups in total. The Balaban J connectivity index is 1.67. The van der Waals surface area contributed by atoms with Crippen molar-refractivity contribution in [3.8, 4) is 5.69 Å². The van der Waals surface area contributed by atoms with E-state index in [1.807, 2.05) is 68.4 Å². The van der Waals surface area contributed by atoms with E-state index < -0.39 is 0 Å². The number of aryl methyl sites for hydroxylation is 1. The molecule has 0 saturated carbocycles. The number of hydrogen-bond donors (Lipinski definition) is 1. The Hall–Kier alpha value is -3.12. The van der Waals surface area contributed by atoms with Gasteiger partial charge in [-0.15, -0.1) is 0 Å². The molecule has 4 rings (SSSR count). The largest absolute Gasteiger partial charge is 0.355 e. The Kier molecular flexibility index (Phi) is 5.11. The first-order valence-corrected chi connectivity index (χ1v) is 10.3. The van der Waals surface area contributed by atoms with E-state index in [9.17, 15) is 9.59 Å². The summed E-state index contributed by atoms with van der Waals surface area (Å²) in [5, 5.41) is 0.762. The van der Waals surface area contributed by atoms with Crippen molar-refractivity contribution < 1.29 is 9.59 Å². The third-order valence-electron chi connectivity index (χ3n) is 4.95. The summed E-state index contributed by atoms with van der Waals surface area (Å²) < 4.78 is 2.07. The fourth-order valence-electron chi connectivity index (χ4n) is 3.69. The van der Waals surface area contributed by atoms with Gasteiger partial charge in [-0.1, -0.05) is 42.1 Å². The maximum atomic E-state index is 12.9. The van der Waals surface area contributed by atoms with Crippen LogP contribution in [-0.2, 0) is 0 Å². The lowest BCUT2D eigenvalue weighted by Crippen LogP contribution is -2.07. The lowest BCUT2D eigenvalue weighted by atomic mass is 10.1. The van der Waals surface area contributed by atoms with Crippen molar-refractivity contribution in [2.24, 2.45) is 0 Å². The highest BCUT2D eigenvalue weighted by atomic mass is 32.2. The molecule has 0 aliphatic heterocycles. The van der Waals surface area contributed by atoms with Crippen LogP contribution in [0.3, 0.4) is 0 Å². The Morgan fingerprint density at radius 2 is 1.72 bits per heavy atom. The number of rotatable bonds is 6. The molecule has 0 bridgehead atoms. The minimum Gasteiger partial charge on any atom is -0.355 e. The van der Waals surface area contributed by atoms with E-state index in [4.69, 9.17) is 4.98 Å². The SMILES string of the molecule is CC(=O)c1c(C)[nH]c(C(=O)CSc2nc3ccccc3n2-c2ccccc2)c1C. The fraction of sp³-hybridized carbons (Fsp3) is 0.174. The molecular formula is C23H21N3O2S. The summed E-state index contributed by atoms with van der Waals surface area (Å²) in [4.78, 5) is 32.6. The molecule has 2 aromatic carbocycles. The van der Waals surface area contributed by atoms with Crippen LogP contribution >= 0.6 is 11.8 Å². The van der Waals surface area contributed by atoms with E-state index in [1.54, 1.807) is 0 Å². The van der Waals surface area contributed by atoms with Crippen molar-refractivity contribution in [3.05, 3.63) is 77.1 Å². The zero-order valence-corrected chi connectivity index (χ0v) is 17.3. The van der Waals surface area contributed by atoms with E-state index in [0.717, 1.165) is 33.1 Å². The molecule has 2 aromatic heterocycles. The van der Waals surface area contributed by atoms with Crippen LogP contribution in [0.1, 0.15) is 39.0 Å². The first-order valence-electron chi connectivity index (χ1n) is 9.36. The molecule has 0 amide bonds. The maximum absolute atomic E-state index is 12.9. The van der Waals surface area contributed by atoms with Crippen molar-refractivity contribution in [1.29, 1.82) is 0 Å². The molecule has 4 aromatic rings. The zero-order chi connectivity index (χ0) is 20.5. The minimum absolute atomic E-state index is 0.0335. The number of benzene rings is 2. The summed E-state index contributed by atoms with van der Waals surface area (Å²) in [6.07, 6.45) is 0. The third-order valence-corrected chi connectivity index (χ3v) is 5.88. The number of fused-ring (bicyclic) bond motifs is 1. The topological polar surface area (TPSA) is 67.8 Å². The number of aromatic nitrogens is 3. The smallest absolute Gasteiger partial charge is 0.189 e. The van der Waals surface area contributed by atoms with Gasteiger partial charge in [0.1, 0.15) is 0 Å². The van der Waals surface area contributed by atoms with E-state index in [2.05, 4.69) is 9.55 Å². The van der Waals surface area contributed by atoms with Crippen molar-refractivity contribution in [3.63, 3.8) is 0 Å². The quantitative estimate of drug-likeness (QED) is 0.357. The summed E-state index contributed by atoms with van der Waals surface area (Å²) in [5.41, 5.74) is 5.45. The molecule has 0 spiro atoms. The van der Waals surface area contributed by atoms with Gasteiger partial charge >= 0.3 is 0 Å². The summed E-state index contributed by atoms with van der Waals surface area (Å²) in [7, 11) is 0. The van der Waals surface area contributed by atoms with Gasteiger partial charge < -0.3 is 4.98 Å². The van der Waals surface area contributed by atoms with Crippen LogP contribution in [0.4, 0.5) is 0 Å². The van der Waals surface area contributed by atoms with Crippen LogP contribution in [0.25, 0.3) is 16.7 Å². The van der Waals surface area contributed by atoms with Crippen LogP contribution in [0.15, 0.2) is 59.8 Å². The third kappa shape index (κ3) is 3.51. The Morgan fingerprint density at radius 1 is 1.03 bits per heavy atom. The van der Waals surface area contributed by atoms with E-state index in [1.165, 1.54) is 18.7 Å². The number of ketones is 2. The van der Waals surface area contributed by atoms with Gasteiger partial charge in [0.2, 0.25) is 0 Å². The zero-order valence-electron chi connectivity index (χ0n) is 16.5. The van der Waals surface area contributed by atoms with Gasteiger partial charge in [0.05, 0.1) is 22.5 Å². The fourth-order valence-corrected chi connectivity index (χ4v) is 4.59. The minimum atomic E-state index is -0.0465. The van der Waals surface area contributed by atoms with Crippen LogP contribution in [-0.4, -0.2) is 31.9 Å². The second-order valence-electron chi connectivity index (χ2n) is 6.95. The number of carbonyl (C=O) groups excluding carboxylic acids is 2. The van der Waals surface area contributed by atoms with Gasteiger partial charge in [0, 0.05) is 16.9 Å². The summed E-state index contributed by atoms with van der Waals surface area (Å²) >= 11 is 1.40. The number of H-pyrrole nitrogens is 1. The van der Waals surface area contributed by atoms with Crippen molar-refractivity contribution >= 4 is 34.4 Å². The molecule has 0 radical (unpaired) electrons. The molecule has 0 aliphatic rings. The second kappa shape index (κ2) is 7.72. The number of aromatic amines is 1. The molecular weight excluding hydrogens is 382 g/mol. The average Bonchev–Trinajstić information content (AvgIpc) is 3.23. The molecule has 0 atom stereocenters. The van der Waals surface area contributed by atoms with E-state index in [-0.39, 0.29) is 17.3 Å². The van der Waals surface area contributed by atoms with Crippen molar-refractivity contribution in [2.75, 3.05) is 5.75 Å². The highest BCUT2D eigenvalue weighted by molar-refractivity contribution is 7.99.